The molecule has 5 nitrogen and oxygen atoms in total. The summed E-state index contributed by atoms with van der Waals surface area (Å²) in [5.74, 6) is -0.0658. The van der Waals surface area contributed by atoms with Gasteiger partial charge in [-0.2, -0.15) is 0 Å². The first-order valence-corrected chi connectivity index (χ1v) is 11.9. The SMILES string of the molecule is CN1CCN(c2cccc3c2C[C@H](NC(=O)c2csc(-c4ccccc4)n2)CC3)CC1. The van der Waals surface area contributed by atoms with E-state index in [1.807, 2.05) is 35.7 Å². The zero-order valence-electron chi connectivity index (χ0n) is 17.9. The van der Waals surface area contributed by atoms with Gasteiger partial charge >= 0.3 is 0 Å². The number of benzene rings is 2. The summed E-state index contributed by atoms with van der Waals surface area (Å²) in [5.41, 5.74) is 5.76. The van der Waals surface area contributed by atoms with Crippen molar-refractivity contribution < 1.29 is 4.79 Å². The van der Waals surface area contributed by atoms with Gasteiger partial charge in [-0.3, -0.25) is 4.79 Å². The van der Waals surface area contributed by atoms with E-state index >= 15 is 0 Å². The number of rotatable bonds is 4. The van der Waals surface area contributed by atoms with E-state index in [9.17, 15) is 4.79 Å². The van der Waals surface area contributed by atoms with E-state index in [0.29, 0.717) is 5.69 Å². The van der Waals surface area contributed by atoms with Crippen molar-refractivity contribution in [3.8, 4) is 10.6 Å². The lowest BCUT2D eigenvalue weighted by atomic mass is 9.86. The molecule has 160 valence electrons. The summed E-state index contributed by atoms with van der Waals surface area (Å²) in [6, 6.07) is 16.9. The zero-order chi connectivity index (χ0) is 21.2. The molecule has 1 aliphatic heterocycles. The van der Waals surface area contributed by atoms with Crippen molar-refractivity contribution in [1.82, 2.24) is 15.2 Å². The van der Waals surface area contributed by atoms with Crippen molar-refractivity contribution >= 4 is 22.9 Å². The molecule has 0 radical (unpaired) electrons. The standard InChI is InChI=1S/C25H28N4OS/c1-28-12-14-29(15-13-28)23-9-5-8-18-10-11-20(16-21(18)23)26-24(30)22-17-31-25(27-22)19-6-3-2-4-7-19/h2-9,17,20H,10-16H2,1H3,(H,26,30)/t20-/m1/s1. The Kier molecular flexibility index (Phi) is 5.74. The number of piperazine rings is 1. The first-order valence-electron chi connectivity index (χ1n) is 11.0. The highest BCUT2D eigenvalue weighted by Gasteiger charge is 2.26. The fourth-order valence-electron chi connectivity index (χ4n) is 4.59. The Morgan fingerprint density at radius 1 is 1.06 bits per heavy atom. The molecule has 1 amide bonds. The van der Waals surface area contributed by atoms with Crippen molar-refractivity contribution in [2.24, 2.45) is 0 Å². The van der Waals surface area contributed by atoms with Crippen molar-refractivity contribution in [3.63, 3.8) is 0 Å². The van der Waals surface area contributed by atoms with Crippen molar-refractivity contribution in [2.45, 2.75) is 25.3 Å². The number of carbonyl (C=O) groups excluding carboxylic acids is 1. The molecule has 5 rings (SSSR count). The third kappa shape index (κ3) is 4.36. The maximum atomic E-state index is 12.9. The Balaban J connectivity index is 1.29. The molecule has 1 atom stereocenters. The topological polar surface area (TPSA) is 48.5 Å². The summed E-state index contributed by atoms with van der Waals surface area (Å²) in [5, 5.41) is 6.01. The van der Waals surface area contributed by atoms with Gasteiger partial charge in [0, 0.05) is 48.9 Å². The maximum absolute atomic E-state index is 12.9. The van der Waals surface area contributed by atoms with Crippen LogP contribution >= 0.6 is 11.3 Å². The molecule has 31 heavy (non-hydrogen) atoms. The van der Waals surface area contributed by atoms with Crippen LogP contribution in [-0.2, 0) is 12.8 Å². The number of hydrogen-bond donors (Lipinski definition) is 1. The van der Waals surface area contributed by atoms with Crippen LogP contribution in [0, 0.1) is 0 Å². The van der Waals surface area contributed by atoms with Crippen LogP contribution in [0.3, 0.4) is 0 Å². The summed E-state index contributed by atoms with van der Waals surface area (Å²) in [4.78, 5) is 22.4. The Morgan fingerprint density at radius 3 is 2.68 bits per heavy atom. The van der Waals surface area contributed by atoms with Crippen LogP contribution in [0.25, 0.3) is 10.6 Å². The Labute approximate surface area is 187 Å². The average molecular weight is 433 g/mol. The highest BCUT2D eigenvalue weighted by atomic mass is 32.1. The van der Waals surface area contributed by atoms with Crippen molar-refractivity contribution in [3.05, 3.63) is 70.7 Å². The van der Waals surface area contributed by atoms with Gasteiger partial charge in [0.25, 0.3) is 5.91 Å². The van der Waals surface area contributed by atoms with Gasteiger partial charge in [-0.25, -0.2) is 4.98 Å². The van der Waals surface area contributed by atoms with Gasteiger partial charge in [0.05, 0.1) is 0 Å². The van der Waals surface area contributed by atoms with E-state index in [4.69, 9.17) is 0 Å². The minimum atomic E-state index is -0.0658. The number of nitrogens with one attached hydrogen (secondary N) is 1. The van der Waals surface area contributed by atoms with Crippen molar-refractivity contribution in [2.75, 3.05) is 38.1 Å². The summed E-state index contributed by atoms with van der Waals surface area (Å²) in [6.07, 6.45) is 2.87. The smallest absolute Gasteiger partial charge is 0.271 e. The van der Waals surface area contributed by atoms with E-state index in [1.165, 1.54) is 28.2 Å². The van der Waals surface area contributed by atoms with Crippen molar-refractivity contribution in [1.29, 1.82) is 0 Å². The van der Waals surface area contributed by atoms with Gasteiger partial charge in [0.1, 0.15) is 10.7 Å². The summed E-state index contributed by atoms with van der Waals surface area (Å²) in [7, 11) is 2.19. The second kappa shape index (κ2) is 8.81. The molecule has 2 heterocycles. The molecule has 0 bridgehead atoms. The van der Waals surface area contributed by atoms with E-state index < -0.39 is 0 Å². The van der Waals surface area contributed by atoms with Gasteiger partial charge in [-0.15, -0.1) is 11.3 Å². The lowest BCUT2D eigenvalue weighted by molar-refractivity contribution is 0.0929. The maximum Gasteiger partial charge on any atom is 0.271 e. The summed E-state index contributed by atoms with van der Waals surface area (Å²) < 4.78 is 0. The second-order valence-corrected chi connectivity index (χ2v) is 9.38. The lowest BCUT2D eigenvalue weighted by Gasteiger charge is -2.37. The third-order valence-electron chi connectivity index (χ3n) is 6.40. The molecule has 1 fully saturated rings. The normalized spacial score (nSPS) is 19.1. The second-order valence-electron chi connectivity index (χ2n) is 8.52. The number of aryl methyl sites for hydroxylation is 1. The van der Waals surface area contributed by atoms with Crippen LogP contribution in [0.15, 0.2) is 53.9 Å². The monoisotopic (exact) mass is 432 g/mol. The van der Waals surface area contributed by atoms with Gasteiger partial charge in [-0.1, -0.05) is 42.5 Å². The van der Waals surface area contributed by atoms with E-state index in [-0.39, 0.29) is 11.9 Å². The molecule has 1 N–H and O–H groups in total. The number of nitrogens with zero attached hydrogens (tertiary/aromatic N) is 3. The fraction of sp³-hybridized carbons (Fsp3) is 0.360. The molecule has 3 aromatic rings. The van der Waals surface area contributed by atoms with Crippen LogP contribution in [0.5, 0.6) is 0 Å². The third-order valence-corrected chi connectivity index (χ3v) is 7.29. The minimum absolute atomic E-state index is 0.0658. The molecule has 0 spiro atoms. The number of hydrogen-bond acceptors (Lipinski definition) is 5. The van der Waals surface area contributed by atoms with Gasteiger partial charge < -0.3 is 15.1 Å². The van der Waals surface area contributed by atoms with Gasteiger partial charge in [0.2, 0.25) is 0 Å². The quantitative estimate of drug-likeness (QED) is 0.680. The number of amides is 1. The minimum Gasteiger partial charge on any atom is -0.369 e. The van der Waals surface area contributed by atoms with Crippen LogP contribution in [0.2, 0.25) is 0 Å². The van der Waals surface area contributed by atoms with E-state index in [1.54, 1.807) is 0 Å². The van der Waals surface area contributed by atoms with E-state index in [2.05, 4.69) is 45.3 Å². The molecule has 6 heteroatoms. The highest BCUT2D eigenvalue weighted by Crippen LogP contribution is 2.31. The molecule has 1 saturated heterocycles. The van der Waals surface area contributed by atoms with Crippen LogP contribution in [0.1, 0.15) is 28.0 Å². The average Bonchev–Trinajstić information content (AvgIpc) is 3.31. The number of likely N-dealkylation sites (N-methyl/N-ethyl adjacent to an activating group) is 1. The molecule has 0 saturated carbocycles. The number of carbonyl (C=O) groups is 1. The lowest BCUT2D eigenvalue weighted by Crippen LogP contribution is -2.45. The zero-order valence-corrected chi connectivity index (χ0v) is 18.7. The van der Waals surface area contributed by atoms with Crippen LogP contribution in [-0.4, -0.2) is 55.1 Å². The number of anilines is 1. The molecule has 2 aromatic carbocycles. The Morgan fingerprint density at radius 2 is 1.87 bits per heavy atom. The predicted molar refractivity (Wildman–Crippen MR) is 127 cm³/mol. The largest absolute Gasteiger partial charge is 0.369 e. The highest BCUT2D eigenvalue weighted by molar-refractivity contribution is 7.13. The molecule has 1 aromatic heterocycles. The molecule has 0 unspecified atom stereocenters. The Hall–Kier alpha value is -2.70. The summed E-state index contributed by atoms with van der Waals surface area (Å²) >= 11 is 1.52. The van der Waals surface area contributed by atoms with Crippen LogP contribution < -0.4 is 10.2 Å². The van der Waals surface area contributed by atoms with Gasteiger partial charge in [-0.05, 0) is 43.5 Å². The Bertz CT molecular complexity index is 1060. The van der Waals surface area contributed by atoms with Crippen LogP contribution in [0.4, 0.5) is 5.69 Å². The first-order chi connectivity index (χ1) is 15.2. The fourth-order valence-corrected chi connectivity index (χ4v) is 5.39. The van der Waals surface area contributed by atoms with E-state index in [0.717, 1.165) is 56.0 Å². The number of fused-ring (bicyclic) bond motifs is 1. The molecular formula is C25H28N4OS. The van der Waals surface area contributed by atoms with Gasteiger partial charge in [0.15, 0.2) is 0 Å². The molecule has 1 aliphatic carbocycles. The first kappa shape index (κ1) is 20.2. The number of aromatic nitrogens is 1. The number of thiazole rings is 1. The predicted octanol–water partition coefficient (Wildman–Crippen LogP) is 3.85. The molecule has 2 aliphatic rings. The summed E-state index contributed by atoms with van der Waals surface area (Å²) in [6.45, 7) is 4.31. The molecular weight excluding hydrogens is 404 g/mol.